The van der Waals surface area contributed by atoms with Gasteiger partial charge in [-0.15, -0.1) is 11.3 Å². The van der Waals surface area contributed by atoms with Crippen molar-refractivity contribution in [1.82, 2.24) is 9.71 Å². The van der Waals surface area contributed by atoms with Crippen LogP contribution in [-0.4, -0.2) is 20.5 Å². The van der Waals surface area contributed by atoms with E-state index in [-0.39, 0.29) is 18.0 Å². The first-order valence-electron chi connectivity index (χ1n) is 5.82. The summed E-state index contributed by atoms with van der Waals surface area (Å²) in [7, 11) is -2.05. The fourth-order valence-electron chi connectivity index (χ4n) is 1.65. The number of nitrogens with one attached hydrogen (secondary N) is 1. The molecular formula is C12H15N3O3S2. The molecule has 0 bridgehead atoms. The average molecular weight is 313 g/mol. The van der Waals surface area contributed by atoms with E-state index in [1.807, 2.05) is 0 Å². The third-order valence-electron chi connectivity index (χ3n) is 2.65. The predicted octanol–water partition coefficient (Wildman–Crippen LogP) is 1.09. The van der Waals surface area contributed by atoms with E-state index in [4.69, 9.17) is 10.5 Å². The Labute approximate surface area is 121 Å². The number of methoxy groups -OCH3 is 1. The summed E-state index contributed by atoms with van der Waals surface area (Å²) in [6.07, 6.45) is 1.57. The van der Waals surface area contributed by atoms with Gasteiger partial charge in [-0.3, -0.25) is 0 Å². The van der Waals surface area contributed by atoms with Gasteiger partial charge in [0.2, 0.25) is 15.9 Å². The van der Waals surface area contributed by atoms with Crippen molar-refractivity contribution in [3.8, 4) is 5.88 Å². The van der Waals surface area contributed by atoms with Crippen LogP contribution >= 0.6 is 11.3 Å². The number of nitrogens with two attached hydrogens (primary N) is 1. The lowest BCUT2D eigenvalue weighted by atomic mass is 10.3. The summed E-state index contributed by atoms with van der Waals surface area (Å²) in [5.74, 6) is 0.444. The molecule has 0 unspecified atom stereocenters. The number of rotatable bonds is 6. The topological polar surface area (TPSA) is 94.3 Å². The number of sulfonamides is 1. The summed E-state index contributed by atoms with van der Waals surface area (Å²) in [5.41, 5.74) is 6.30. The molecule has 3 N–H and O–H groups in total. The molecule has 2 aromatic heterocycles. The highest BCUT2D eigenvalue weighted by molar-refractivity contribution is 7.89. The predicted molar refractivity (Wildman–Crippen MR) is 77.0 cm³/mol. The molecule has 2 rings (SSSR count). The molecule has 0 saturated carbocycles. The number of hydrogen-bond acceptors (Lipinski definition) is 6. The van der Waals surface area contributed by atoms with Crippen molar-refractivity contribution in [2.75, 3.05) is 7.11 Å². The smallest absolute Gasteiger partial charge is 0.242 e. The lowest BCUT2D eigenvalue weighted by molar-refractivity contribution is 0.397. The Kier molecular flexibility index (Phi) is 4.71. The molecule has 0 radical (unpaired) electrons. The zero-order valence-electron chi connectivity index (χ0n) is 10.9. The summed E-state index contributed by atoms with van der Waals surface area (Å²) >= 11 is 1.33. The third-order valence-corrected chi connectivity index (χ3v) is 5.21. The van der Waals surface area contributed by atoms with Crippen LogP contribution in [0, 0.1) is 0 Å². The Hall–Kier alpha value is -1.48. The molecule has 0 aliphatic carbocycles. The minimum Gasteiger partial charge on any atom is -0.481 e. The highest BCUT2D eigenvalue weighted by Gasteiger charge is 2.18. The molecule has 2 heterocycles. The Bertz CT molecular complexity index is 683. The van der Waals surface area contributed by atoms with Gasteiger partial charge in [0.15, 0.2) is 0 Å². The van der Waals surface area contributed by atoms with Crippen molar-refractivity contribution >= 4 is 21.4 Å². The summed E-state index contributed by atoms with van der Waals surface area (Å²) in [5, 5.41) is 1.71. The summed E-state index contributed by atoms with van der Waals surface area (Å²) < 4.78 is 31.9. The van der Waals surface area contributed by atoms with Crippen LogP contribution in [0.5, 0.6) is 5.88 Å². The maximum Gasteiger partial charge on any atom is 0.242 e. The van der Waals surface area contributed by atoms with Gasteiger partial charge in [0, 0.05) is 30.2 Å². The largest absolute Gasteiger partial charge is 0.481 e. The number of hydrogen-bond donors (Lipinski definition) is 2. The van der Waals surface area contributed by atoms with Crippen LogP contribution in [0.1, 0.15) is 10.4 Å². The molecule has 0 aromatic carbocycles. The van der Waals surface area contributed by atoms with Crippen molar-refractivity contribution in [1.29, 1.82) is 0 Å². The van der Waals surface area contributed by atoms with Gasteiger partial charge >= 0.3 is 0 Å². The van der Waals surface area contributed by atoms with Crippen LogP contribution in [0.3, 0.4) is 0 Å². The second kappa shape index (κ2) is 6.31. The number of ether oxygens (including phenoxy) is 1. The minimum absolute atomic E-state index is 0.168. The number of pyridine rings is 1. The summed E-state index contributed by atoms with van der Waals surface area (Å²) in [6.45, 7) is 0.373. The Morgan fingerprint density at radius 3 is 2.95 bits per heavy atom. The molecule has 6 nitrogen and oxygen atoms in total. The molecule has 0 atom stereocenters. The van der Waals surface area contributed by atoms with Crippen molar-refractivity contribution in [3.05, 3.63) is 40.2 Å². The van der Waals surface area contributed by atoms with Gasteiger partial charge in [-0.25, -0.2) is 18.1 Å². The minimum atomic E-state index is -3.56. The molecule has 8 heteroatoms. The first-order chi connectivity index (χ1) is 9.56. The zero-order valence-corrected chi connectivity index (χ0v) is 12.5. The Morgan fingerprint density at radius 2 is 2.25 bits per heavy atom. The van der Waals surface area contributed by atoms with E-state index in [9.17, 15) is 8.42 Å². The standard InChI is InChI=1S/C12H15N3O3S2/c1-18-12-6-9(2-4-14-12)8-15-20(16,17)11-3-5-19-10(11)7-13/h2-6,15H,7-8,13H2,1H3. The zero-order chi connectivity index (χ0) is 14.6. The van der Waals surface area contributed by atoms with Crippen molar-refractivity contribution < 1.29 is 13.2 Å². The highest BCUT2D eigenvalue weighted by Crippen LogP contribution is 2.21. The van der Waals surface area contributed by atoms with Crippen LogP contribution in [0.25, 0.3) is 0 Å². The van der Waals surface area contributed by atoms with E-state index in [1.54, 1.807) is 29.8 Å². The quantitative estimate of drug-likeness (QED) is 0.832. The monoisotopic (exact) mass is 313 g/mol. The van der Waals surface area contributed by atoms with Crippen LogP contribution in [0.2, 0.25) is 0 Å². The molecule has 0 spiro atoms. The van der Waals surface area contributed by atoms with Gasteiger partial charge < -0.3 is 10.5 Å². The fourth-order valence-corrected chi connectivity index (χ4v) is 4.00. The maximum absolute atomic E-state index is 12.2. The third kappa shape index (κ3) is 3.34. The first-order valence-corrected chi connectivity index (χ1v) is 8.18. The Balaban J connectivity index is 2.13. The van der Waals surface area contributed by atoms with Crippen molar-refractivity contribution in [2.24, 2.45) is 5.73 Å². The molecule has 0 fully saturated rings. The van der Waals surface area contributed by atoms with Crippen molar-refractivity contribution in [2.45, 2.75) is 18.0 Å². The van der Waals surface area contributed by atoms with E-state index in [1.165, 1.54) is 18.4 Å². The van der Waals surface area contributed by atoms with Gasteiger partial charge in [0.1, 0.15) is 0 Å². The SMILES string of the molecule is COc1cc(CNS(=O)(=O)c2ccsc2CN)ccn1. The first kappa shape index (κ1) is 14.9. The lowest BCUT2D eigenvalue weighted by Crippen LogP contribution is -2.24. The maximum atomic E-state index is 12.2. The van der Waals surface area contributed by atoms with Crippen LogP contribution in [0.4, 0.5) is 0 Å². The molecule has 20 heavy (non-hydrogen) atoms. The molecule has 0 amide bonds. The second-order valence-corrected chi connectivity index (χ2v) is 6.68. The molecular weight excluding hydrogens is 298 g/mol. The van der Waals surface area contributed by atoms with E-state index >= 15 is 0 Å². The Morgan fingerprint density at radius 1 is 1.45 bits per heavy atom. The summed E-state index contributed by atoms with van der Waals surface area (Å²) in [4.78, 5) is 4.85. The number of nitrogens with zero attached hydrogens (tertiary/aromatic N) is 1. The molecule has 2 aromatic rings. The van der Waals surface area contributed by atoms with Gasteiger partial charge in [0.05, 0.1) is 12.0 Å². The van der Waals surface area contributed by atoms with Crippen LogP contribution in [-0.2, 0) is 23.1 Å². The fraction of sp³-hybridized carbons (Fsp3) is 0.250. The van der Waals surface area contributed by atoms with E-state index in [0.717, 1.165) is 5.56 Å². The van der Waals surface area contributed by atoms with Gasteiger partial charge in [-0.2, -0.15) is 0 Å². The number of thiophene rings is 1. The molecule has 108 valence electrons. The molecule has 0 aliphatic heterocycles. The molecule has 0 saturated heterocycles. The highest BCUT2D eigenvalue weighted by atomic mass is 32.2. The van der Waals surface area contributed by atoms with E-state index in [2.05, 4.69) is 9.71 Å². The van der Waals surface area contributed by atoms with Crippen LogP contribution in [0.15, 0.2) is 34.7 Å². The van der Waals surface area contributed by atoms with Crippen LogP contribution < -0.4 is 15.2 Å². The summed E-state index contributed by atoms with van der Waals surface area (Å²) in [6, 6.07) is 4.96. The van der Waals surface area contributed by atoms with E-state index in [0.29, 0.717) is 10.8 Å². The normalized spacial score (nSPS) is 11.5. The van der Waals surface area contributed by atoms with Gasteiger partial charge in [-0.1, -0.05) is 0 Å². The molecule has 0 aliphatic rings. The average Bonchev–Trinajstić information content (AvgIpc) is 2.95. The van der Waals surface area contributed by atoms with Gasteiger partial charge in [0.25, 0.3) is 0 Å². The lowest BCUT2D eigenvalue weighted by Gasteiger charge is -2.07. The second-order valence-electron chi connectivity index (χ2n) is 3.94. The van der Waals surface area contributed by atoms with Gasteiger partial charge in [-0.05, 0) is 23.1 Å². The number of aromatic nitrogens is 1. The van der Waals surface area contributed by atoms with E-state index < -0.39 is 10.0 Å². The van der Waals surface area contributed by atoms with Crippen molar-refractivity contribution in [3.63, 3.8) is 0 Å².